The number of piperazine rings is 1. The van der Waals surface area contributed by atoms with E-state index >= 15 is 0 Å². The van der Waals surface area contributed by atoms with Gasteiger partial charge in [0.2, 0.25) is 0 Å². The first-order valence-electron chi connectivity index (χ1n) is 11.3. The number of hydrogen-bond acceptors (Lipinski definition) is 4. The predicted octanol–water partition coefficient (Wildman–Crippen LogP) is 3.21. The smallest absolute Gasteiger partial charge is 0.175 e. The van der Waals surface area contributed by atoms with E-state index in [4.69, 9.17) is 23.2 Å². The molecule has 3 heterocycles. The molecule has 0 bridgehead atoms. The summed E-state index contributed by atoms with van der Waals surface area (Å²) in [5, 5.41) is 1.42. The molecule has 0 radical (unpaired) electrons. The molecule has 5 nitrogen and oxygen atoms in total. The fourth-order valence-electron chi connectivity index (χ4n) is 5.06. The second kappa shape index (κ2) is 9.26. The van der Waals surface area contributed by atoms with E-state index in [9.17, 15) is 4.79 Å². The number of halogens is 2. The van der Waals surface area contributed by atoms with Crippen molar-refractivity contribution in [2.75, 3.05) is 49.1 Å². The number of nitrogens with zero attached hydrogens (tertiary/aromatic N) is 3. The number of pyridine rings is 1. The van der Waals surface area contributed by atoms with Crippen LogP contribution in [0.2, 0.25) is 5.02 Å². The van der Waals surface area contributed by atoms with Gasteiger partial charge in [-0.2, -0.15) is 0 Å². The topological polar surface area (TPSA) is 40.9 Å². The number of nitrogens with one attached hydrogen (secondary N) is 1. The number of rotatable bonds is 5. The lowest BCUT2D eigenvalue weighted by Gasteiger charge is -2.41. The van der Waals surface area contributed by atoms with Crippen molar-refractivity contribution < 1.29 is 9.69 Å². The van der Waals surface area contributed by atoms with Crippen molar-refractivity contribution in [3.63, 3.8) is 0 Å². The lowest BCUT2D eigenvalue weighted by molar-refractivity contribution is -0.900. The number of carbonyl (C=O) groups excluding carboxylic acids is 1. The number of hydrogen-bond donors (Lipinski definition) is 1. The highest BCUT2D eigenvalue weighted by Crippen LogP contribution is 2.36. The van der Waals surface area contributed by atoms with Crippen molar-refractivity contribution in [2.24, 2.45) is 5.92 Å². The summed E-state index contributed by atoms with van der Waals surface area (Å²) in [4.78, 5) is 23.9. The minimum Gasteiger partial charge on any atom is -0.360 e. The van der Waals surface area contributed by atoms with Crippen LogP contribution in [-0.4, -0.2) is 56.1 Å². The zero-order chi connectivity index (χ0) is 22.1. The third-order valence-electron chi connectivity index (χ3n) is 6.72. The van der Waals surface area contributed by atoms with E-state index in [0.717, 1.165) is 56.5 Å². The highest BCUT2D eigenvalue weighted by Gasteiger charge is 2.39. The molecule has 0 amide bonds. The maximum Gasteiger partial charge on any atom is 0.175 e. The van der Waals surface area contributed by atoms with Crippen LogP contribution in [0.3, 0.4) is 0 Å². The standard InChI is InChI=1S/C25H26Cl2N4O/c26-18-4-1-5-20(16-18)30-14-12-29(13-15-30)10-3-11-31-23-8-7-19(27)17-22(23)24(32)21-6-2-9-28-25(21)31/h1-2,4-9,16-17,22-23H,3,10-15H2/p+1. The van der Waals surface area contributed by atoms with Gasteiger partial charge in [-0.3, -0.25) is 4.79 Å². The molecular formula is C25H27Cl2N4O+. The Morgan fingerprint density at radius 2 is 1.97 bits per heavy atom. The molecule has 1 saturated heterocycles. The Bertz CT molecular complexity index is 1060. The summed E-state index contributed by atoms with van der Waals surface area (Å²) in [6.07, 6.45) is 8.66. The third-order valence-corrected chi connectivity index (χ3v) is 7.21. The van der Waals surface area contributed by atoms with Crippen LogP contribution in [0.25, 0.3) is 0 Å². The van der Waals surface area contributed by atoms with E-state index in [-0.39, 0.29) is 17.7 Å². The minimum atomic E-state index is -0.238. The van der Waals surface area contributed by atoms with Gasteiger partial charge in [-0.25, -0.2) is 4.98 Å². The van der Waals surface area contributed by atoms with Crippen molar-refractivity contribution >= 4 is 40.5 Å². The molecule has 1 aromatic carbocycles. The maximum absolute atomic E-state index is 13.0. The zero-order valence-electron chi connectivity index (χ0n) is 17.9. The van der Waals surface area contributed by atoms with E-state index < -0.39 is 0 Å². The molecule has 0 spiro atoms. The molecule has 1 fully saturated rings. The van der Waals surface area contributed by atoms with Gasteiger partial charge in [0.25, 0.3) is 0 Å². The van der Waals surface area contributed by atoms with Crippen LogP contribution in [0.15, 0.2) is 65.9 Å². The van der Waals surface area contributed by atoms with Crippen LogP contribution in [0.5, 0.6) is 0 Å². The van der Waals surface area contributed by atoms with Gasteiger partial charge in [0.15, 0.2) is 5.78 Å². The Kier molecular flexibility index (Phi) is 6.22. The molecule has 7 heteroatoms. The monoisotopic (exact) mass is 469 g/mol. The molecule has 3 aliphatic rings. The molecule has 32 heavy (non-hydrogen) atoms. The molecule has 2 aliphatic heterocycles. The Balaban J connectivity index is 1.21. The first-order chi connectivity index (χ1) is 15.6. The van der Waals surface area contributed by atoms with Gasteiger partial charge < -0.3 is 14.7 Å². The quantitative estimate of drug-likeness (QED) is 0.729. The van der Waals surface area contributed by atoms with Crippen LogP contribution in [0.4, 0.5) is 11.5 Å². The van der Waals surface area contributed by atoms with Crippen molar-refractivity contribution in [3.05, 3.63) is 76.4 Å². The molecule has 2 unspecified atom stereocenters. The number of ketones is 1. The lowest BCUT2D eigenvalue weighted by atomic mass is 9.83. The molecule has 1 aliphatic carbocycles. The molecule has 166 valence electrons. The van der Waals surface area contributed by atoms with E-state index in [1.807, 2.05) is 42.5 Å². The minimum absolute atomic E-state index is 0.0120. The number of Topliss-reactive ketones (excluding diaryl/α,β-unsaturated/α-hetero) is 1. The number of aromatic nitrogens is 1. The van der Waals surface area contributed by atoms with Crippen LogP contribution in [0, 0.1) is 5.92 Å². The average molecular weight is 470 g/mol. The molecule has 2 aromatic rings. The summed E-state index contributed by atoms with van der Waals surface area (Å²) in [6.45, 7) is 6.28. The van der Waals surface area contributed by atoms with E-state index in [2.05, 4.69) is 26.9 Å². The van der Waals surface area contributed by atoms with Gasteiger partial charge in [0.05, 0.1) is 50.2 Å². The Labute approximate surface area is 198 Å². The second-order valence-corrected chi connectivity index (χ2v) is 9.55. The molecule has 2 atom stereocenters. The summed E-state index contributed by atoms with van der Waals surface area (Å²) < 4.78 is 0. The van der Waals surface area contributed by atoms with Gasteiger partial charge in [0, 0.05) is 34.9 Å². The third kappa shape index (κ3) is 4.29. The normalized spacial score (nSPS) is 23.1. The summed E-state index contributed by atoms with van der Waals surface area (Å²) in [5.74, 6) is 0.674. The second-order valence-electron chi connectivity index (χ2n) is 8.68. The molecule has 1 aromatic heterocycles. The van der Waals surface area contributed by atoms with Crippen LogP contribution in [0.1, 0.15) is 16.8 Å². The van der Waals surface area contributed by atoms with Gasteiger partial charge in [-0.05, 0) is 36.4 Å². The summed E-state index contributed by atoms with van der Waals surface area (Å²) in [7, 11) is 0. The summed E-state index contributed by atoms with van der Waals surface area (Å²) in [6, 6.07) is 11.8. The number of benzene rings is 1. The number of allylic oxidation sites excluding steroid dienone is 2. The largest absolute Gasteiger partial charge is 0.360 e. The average Bonchev–Trinajstić information content (AvgIpc) is 2.82. The van der Waals surface area contributed by atoms with E-state index in [1.54, 1.807) is 11.1 Å². The summed E-state index contributed by atoms with van der Waals surface area (Å²) in [5.41, 5.74) is 1.91. The maximum atomic E-state index is 13.0. The fourth-order valence-corrected chi connectivity index (χ4v) is 5.45. The van der Waals surface area contributed by atoms with E-state index in [1.165, 1.54) is 5.69 Å². The van der Waals surface area contributed by atoms with Gasteiger partial charge >= 0.3 is 0 Å². The fraction of sp³-hybridized carbons (Fsp3) is 0.360. The van der Waals surface area contributed by atoms with Gasteiger partial charge in [-0.15, -0.1) is 0 Å². The Morgan fingerprint density at radius 1 is 1.12 bits per heavy atom. The highest BCUT2D eigenvalue weighted by atomic mass is 35.5. The van der Waals surface area contributed by atoms with Gasteiger partial charge in [-0.1, -0.05) is 41.4 Å². The number of anilines is 2. The van der Waals surface area contributed by atoms with Crippen molar-refractivity contribution in [1.29, 1.82) is 0 Å². The first kappa shape index (κ1) is 21.5. The molecule has 0 saturated carbocycles. The lowest BCUT2D eigenvalue weighted by Crippen LogP contribution is -3.15. The van der Waals surface area contributed by atoms with Crippen molar-refractivity contribution in [3.8, 4) is 0 Å². The Morgan fingerprint density at radius 3 is 2.78 bits per heavy atom. The predicted molar refractivity (Wildman–Crippen MR) is 130 cm³/mol. The SMILES string of the molecule is O=C1c2cccnc2N(CCC[NH+]2CCN(c3cccc(Cl)c3)CC2)C2C=CC(Cl)=CC12. The van der Waals surface area contributed by atoms with Crippen molar-refractivity contribution in [2.45, 2.75) is 12.5 Å². The van der Waals surface area contributed by atoms with E-state index in [0.29, 0.717) is 10.6 Å². The van der Waals surface area contributed by atoms with Crippen LogP contribution >= 0.6 is 23.2 Å². The van der Waals surface area contributed by atoms with Gasteiger partial charge in [0.1, 0.15) is 5.82 Å². The highest BCUT2D eigenvalue weighted by molar-refractivity contribution is 6.31. The number of fused-ring (bicyclic) bond motifs is 2. The number of quaternary nitrogens is 1. The molecular weight excluding hydrogens is 443 g/mol. The van der Waals surface area contributed by atoms with Crippen LogP contribution < -0.4 is 14.7 Å². The first-order valence-corrected chi connectivity index (χ1v) is 12.0. The molecule has 1 N–H and O–H groups in total. The number of carbonyl (C=O) groups is 1. The summed E-state index contributed by atoms with van der Waals surface area (Å²) >= 11 is 12.4. The van der Waals surface area contributed by atoms with Crippen molar-refractivity contribution in [1.82, 2.24) is 4.98 Å². The zero-order valence-corrected chi connectivity index (χ0v) is 19.4. The molecule has 5 rings (SSSR count). The van der Waals surface area contributed by atoms with Crippen LogP contribution in [-0.2, 0) is 0 Å². The Hall–Kier alpha value is -2.34.